The highest BCUT2D eigenvalue weighted by atomic mass is 32.1. The molecule has 126 valence electrons. The predicted molar refractivity (Wildman–Crippen MR) is 101 cm³/mol. The summed E-state index contributed by atoms with van der Waals surface area (Å²) in [6.45, 7) is 4.54. The Morgan fingerprint density at radius 3 is 2.54 bits per heavy atom. The third kappa shape index (κ3) is 4.14. The normalized spacial score (nSPS) is 13.9. The minimum atomic E-state index is -3.17. The standard InChI is InChI=1S/C19H21O3PS/c1-3-21-23(20,22-13-17-10-5-4-8-15(17)2)14-18-12-16-9-6-7-11-19(16)24-18/h4-12H,3,13-14H2,1-2H3. The number of rotatable bonds is 7. The molecule has 3 aromatic rings. The summed E-state index contributed by atoms with van der Waals surface area (Å²) in [5.74, 6) is 0. The van der Waals surface area contributed by atoms with E-state index in [1.54, 1.807) is 11.3 Å². The molecule has 0 N–H and O–H groups in total. The van der Waals surface area contributed by atoms with Gasteiger partial charge >= 0.3 is 7.60 Å². The summed E-state index contributed by atoms with van der Waals surface area (Å²) in [6.07, 6.45) is 0.312. The zero-order valence-electron chi connectivity index (χ0n) is 13.9. The molecule has 0 spiro atoms. The fraction of sp³-hybridized carbons (Fsp3) is 0.263. The number of aryl methyl sites for hydroxylation is 1. The van der Waals surface area contributed by atoms with E-state index in [1.165, 1.54) is 10.1 Å². The predicted octanol–water partition coefficient (Wildman–Crippen LogP) is 6.16. The van der Waals surface area contributed by atoms with Crippen molar-refractivity contribution >= 4 is 29.0 Å². The number of hydrogen-bond donors (Lipinski definition) is 0. The lowest BCUT2D eigenvalue weighted by Crippen LogP contribution is -2.00. The van der Waals surface area contributed by atoms with E-state index in [0.717, 1.165) is 16.0 Å². The summed E-state index contributed by atoms with van der Waals surface area (Å²) in [5.41, 5.74) is 2.16. The molecule has 3 nitrogen and oxygen atoms in total. The van der Waals surface area contributed by atoms with Crippen molar-refractivity contribution in [1.29, 1.82) is 0 Å². The van der Waals surface area contributed by atoms with E-state index in [-0.39, 0.29) is 0 Å². The van der Waals surface area contributed by atoms with Gasteiger partial charge in [-0.3, -0.25) is 4.57 Å². The Labute approximate surface area is 146 Å². The van der Waals surface area contributed by atoms with Gasteiger partial charge in [0.15, 0.2) is 0 Å². The lowest BCUT2D eigenvalue weighted by molar-refractivity contribution is 0.203. The van der Waals surface area contributed by atoms with Crippen molar-refractivity contribution in [3.8, 4) is 0 Å². The molecule has 3 rings (SSSR count). The van der Waals surface area contributed by atoms with Crippen LogP contribution in [0.1, 0.15) is 22.9 Å². The molecule has 0 aliphatic carbocycles. The summed E-state index contributed by atoms with van der Waals surface area (Å²) < 4.78 is 25.6. The van der Waals surface area contributed by atoms with Gasteiger partial charge in [0.1, 0.15) is 0 Å². The van der Waals surface area contributed by atoms with Gasteiger partial charge in [-0.05, 0) is 42.5 Å². The summed E-state index contributed by atoms with van der Waals surface area (Å²) >= 11 is 1.64. The molecule has 0 bridgehead atoms. The fourth-order valence-electron chi connectivity index (χ4n) is 2.57. The molecular weight excluding hydrogens is 339 g/mol. The Hall–Kier alpha value is -1.45. The van der Waals surface area contributed by atoms with E-state index >= 15 is 0 Å². The molecule has 0 aliphatic heterocycles. The van der Waals surface area contributed by atoms with Crippen molar-refractivity contribution in [1.82, 2.24) is 0 Å². The van der Waals surface area contributed by atoms with E-state index in [4.69, 9.17) is 9.05 Å². The molecule has 1 unspecified atom stereocenters. The highest BCUT2D eigenvalue weighted by molar-refractivity contribution is 7.53. The van der Waals surface area contributed by atoms with Crippen molar-refractivity contribution in [3.05, 3.63) is 70.6 Å². The third-order valence-electron chi connectivity index (χ3n) is 3.83. The van der Waals surface area contributed by atoms with Crippen LogP contribution in [-0.2, 0) is 26.4 Å². The van der Waals surface area contributed by atoms with Gasteiger partial charge in [0.05, 0.1) is 19.4 Å². The molecule has 5 heteroatoms. The first-order valence-electron chi connectivity index (χ1n) is 8.00. The number of fused-ring (bicyclic) bond motifs is 1. The van der Waals surface area contributed by atoms with E-state index < -0.39 is 7.60 Å². The van der Waals surface area contributed by atoms with E-state index in [0.29, 0.717) is 19.4 Å². The van der Waals surface area contributed by atoms with Crippen LogP contribution in [0.5, 0.6) is 0 Å². The molecule has 0 saturated carbocycles. The number of hydrogen-bond acceptors (Lipinski definition) is 4. The maximum atomic E-state index is 13.1. The lowest BCUT2D eigenvalue weighted by Gasteiger charge is -2.18. The van der Waals surface area contributed by atoms with Crippen molar-refractivity contribution in [3.63, 3.8) is 0 Å². The molecule has 2 aromatic carbocycles. The lowest BCUT2D eigenvalue weighted by atomic mass is 10.1. The maximum Gasteiger partial charge on any atom is 0.336 e. The van der Waals surface area contributed by atoms with Gasteiger partial charge in [-0.2, -0.15) is 0 Å². The van der Waals surface area contributed by atoms with Crippen molar-refractivity contribution in [2.75, 3.05) is 6.61 Å². The monoisotopic (exact) mass is 360 g/mol. The SMILES string of the molecule is CCOP(=O)(Cc1cc2ccccc2s1)OCc1ccccc1C. The van der Waals surface area contributed by atoms with Gasteiger partial charge in [0, 0.05) is 9.58 Å². The smallest absolute Gasteiger partial charge is 0.309 e. The van der Waals surface area contributed by atoms with Crippen LogP contribution in [-0.4, -0.2) is 6.61 Å². The zero-order chi connectivity index (χ0) is 17.0. The van der Waals surface area contributed by atoms with Crippen LogP contribution < -0.4 is 0 Å². The second-order valence-electron chi connectivity index (χ2n) is 5.64. The van der Waals surface area contributed by atoms with Gasteiger partial charge in [0.2, 0.25) is 0 Å². The summed E-state index contributed by atoms with van der Waals surface area (Å²) in [6, 6.07) is 18.2. The van der Waals surface area contributed by atoms with E-state index in [2.05, 4.69) is 18.2 Å². The van der Waals surface area contributed by atoms with Crippen LogP contribution in [0.4, 0.5) is 0 Å². The van der Waals surface area contributed by atoms with Crippen LogP contribution in [0.3, 0.4) is 0 Å². The minimum absolute atomic E-state index is 0.300. The van der Waals surface area contributed by atoms with Crippen LogP contribution in [0, 0.1) is 6.92 Å². The molecule has 24 heavy (non-hydrogen) atoms. The molecule has 0 radical (unpaired) electrons. The first-order valence-corrected chi connectivity index (χ1v) is 10.5. The molecule has 0 saturated heterocycles. The van der Waals surface area contributed by atoms with Gasteiger partial charge in [-0.25, -0.2) is 0 Å². The average Bonchev–Trinajstić information content (AvgIpc) is 2.96. The van der Waals surface area contributed by atoms with Gasteiger partial charge < -0.3 is 9.05 Å². The first kappa shape index (κ1) is 17.4. The highest BCUT2D eigenvalue weighted by Gasteiger charge is 2.26. The van der Waals surface area contributed by atoms with E-state index in [1.807, 2.05) is 50.2 Å². The summed E-state index contributed by atoms with van der Waals surface area (Å²) in [7, 11) is -3.17. The largest absolute Gasteiger partial charge is 0.336 e. The quantitative estimate of drug-likeness (QED) is 0.474. The number of benzene rings is 2. The topological polar surface area (TPSA) is 35.5 Å². The Kier molecular flexibility index (Phi) is 5.52. The summed E-state index contributed by atoms with van der Waals surface area (Å²) in [5, 5.41) is 1.17. The average molecular weight is 360 g/mol. The minimum Gasteiger partial charge on any atom is -0.309 e. The van der Waals surface area contributed by atoms with Crippen molar-refractivity contribution < 1.29 is 13.6 Å². The van der Waals surface area contributed by atoms with Crippen LogP contribution in [0.15, 0.2) is 54.6 Å². The fourth-order valence-corrected chi connectivity index (χ4v) is 5.62. The zero-order valence-corrected chi connectivity index (χ0v) is 15.6. The maximum absolute atomic E-state index is 13.1. The molecule has 0 amide bonds. The van der Waals surface area contributed by atoms with Gasteiger partial charge in [0.25, 0.3) is 0 Å². The number of thiophene rings is 1. The van der Waals surface area contributed by atoms with Crippen molar-refractivity contribution in [2.45, 2.75) is 26.6 Å². The van der Waals surface area contributed by atoms with Gasteiger partial charge in [-0.1, -0.05) is 42.5 Å². The Bertz CT molecular complexity index is 839. The van der Waals surface area contributed by atoms with Crippen LogP contribution in [0.25, 0.3) is 10.1 Å². The molecule has 0 aliphatic rings. The molecule has 1 atom stereocenters. The Morgan fingerprint density at radius 1 is 1.04 bits per heavy atom. The third-order valence-corrected chi connectivity index (χ3v) is 7.06. The van der Waals surface area contributed by atoms with Crippen LogP contribution in [0.2, 0.25) is 0 Å². The van der Waals surface area contributed by atoms with Crippen molar-refractivity contribution in [2.24, 2.45) is 0 Å². The second kappa shape index (κ2) is 7.62. The van der Waals surface area contributed by atoms with Crippen LogP contribution >= 0.6 is 18.9 Å². The highest BCUT2D eigenvalue weighted by Crippen LogP contribution is 2.53. The second-order valence-corrected chi connectivity index (χ2v) is 8.86. The van der Waals surface area contributed by atoms with Gasteiger partial charge in [-0.15, -0.1) is 11.3 Å². The molecule has 1 heterocycles. The summed E-state index contributed by atoms with van der Waals surface area (Å²) in [4.78, 5) is 1.03. The molecule has 1 aromatic heterocycles. The molecular formula is C19H21O3PS. The molecule has 0 fully saturated rings. The first-order chi connectivity index (χ1) is 11.6. The van der Waals surface area contributed by atoms with E-state index in [9.17, 15) is 4.57 Å². The Morgan fingerprint density at radius 2 is 1.79 bits per heavy atom. The Balaban J connectivity index is 1.77.